The van der Waals surface area contributed by atoms with Crippen LogP contribution in [0.5, 0.6) is 0 Å². The van der Waals surface area contributed by atoms with Gasteiger partial charge in [0, 0.05) is 10.6 Å². The highest BCUT2D eigenvalue weighted by Crippen LogP contribution is 2.19. The lowest BCUT2D eigenvalue weighted by Crippen LogP contribution is -2.23. The van der Waals surface area contributed by atoms with E-state index in [1.165, 1.54) is 21.4 Å². The Morgan fingerprint density at radius 3 is 2.48 bits per heavy atom. The van der Waals surface area contributed by atoms with Crippen molar-refractivity contribution < 1.29 is 0 Å². The van der Waals surface area contributed by atoms with Gasteiger partial charge in [-0.05, 0) is 47.9 Å². The molecule has 0 spiro atoms. The smallest absolute Gasteiger partial charge is 0.266 e. The second-order valence-electron chi connectivity index (χ2n) is 5.65. The van der Waals surface area contributed by atoms with E-state index in [0.29, 0.717) is 20.3 Å². The minimum Gasteiger partial charge on any atom is -0.266 e. The first kappa shape index (κ1) is 16.0. The maximum Gasteiger partial charge on any atom is 0.291 e. The summed E-state index contributed by atoms with van der Waals surface area (Å²) >= 11 is 7.24. The maximum atomic E-state index is 12.6. The molecule has 0 aliphatic rings. The number of fused-ring (bicyclic) bond motifs is 1. The summed E-state index contributed by atoms with van der Waals surface area (Å²) in [5.74, 6) is 0.527. The zero-order valence-electron chi connectivity index (χ0n) is 13.4. The highest BCUT2D eigenvalue weighted by atomic mass is 35.5. The molecule has 0 saturated heterocycles. The van der Waals surface area contributed by atoms with Gasteiger partial charge < -0.3 is 0 Å². The van der Waals surface area contributed by atoms with E-state index in [9.17, 15) is 4.79 Å². The molecular formula is C19H14ClN3OS. The number of aromatic nitrogens is 3. The molecule has 124 valence electrons. The molecule has 0 atom stereocenters. The van der Waals surface area contributed by atoms with E-state index < -0.39 is 0 Å². The number of hydrogen-bond acceptors (Lipinski definition) is 4. The molecule has 0 amide bonds. The fraction of sp³-hybridized carbons (Fsp3) is 0.105. The Morgan fingerprint density at radius 2 is 1.84 bits per heavy atom. The fourth-order valence-electron chi connectivity index (χ4n) is 2.56. The summed E-state index contributed by atoms with van der Waals surface area (Å²) in [4.78, 5) is 17.6. The Bertz CT molecular complexity index is 1140. The van der Waals surface area contributed by atoms with E-state index in [2.05, 4.69) is 29.1 Å². The molecular weight excluding hydrogens is 354 g/mol. The van der Waals surface area contributed by atoms with Crippen molar-refractivity contribution in [2.75, 3.05) is 0 Å². The molecule has 2 aromatic heterocycles. The largest absolute Gasteiger partial charge is 0.291 e. The molecule has 0 saturated carbocycles. The predicted octanol–water partition coefficient (Wildman–Crippen LogP) is 3.58. The number of hydrogen-bond donors (Lipinski definition) is 0. The van der Waals surface area contributed by atoms with Gasteiger partial charge in [0.1, 0.15) is 0 Å². The van der Waals surface area contributed by atoms with Gasteiger partial charge in [-0.25, -0.2) is 0 Å². The quantitative estimate of drug-likeness (QED) is 0.556. The molecule has 4 nitrogen and oxygen atoms in total. The summed E-state index contributed by atoms with van der Waals surface area (Å²) in [5, 5.41) is 5.00. The topological polar surface area (TPSA) is 47.3 Å². The Balaban J connectivity index is 1.76. The van der Waals surface area contributed by atoms with Gasteiger partial charge >= 0.3 is 0 Å². The third-order valence-corrected chi connectivity index (χ3v) is 5.18. The van der Waals surface area contributed by atoms with E-state index in [1.807, 2.05) is 30.3 Å². The molecule has 4 aromatic rings. The van der Waals surface area contributed by atoms with E-state index in [-0.39, 0.29) is 5.56 Å². The second kappa shape index (κ2) is 6.43. The molecule has 0 aliphatic carbocycles. The molecule has 0 N–H and O–H groups in total. The highest BCUT2D eigenvalue weighted by molar-refractivity contribution is 7.15. The van der Waals surface area contributed by atoms with Gasteiger partial charge in [-0.1, -0.05) is 54.1 Å². The standard InChI is InChI=1S/C19H14ClN3OS/c1-2-12-3-5-13(6-4-12)11-16-18(24)23-19(25-16)21-17(22-23)14-7-9-15(20)10-8-14/h3-11H,2H2,1H3/b16-11-. The Hall–Kier alpha value is -2.50. The van der Waals surface area contributed by atoms with Crippen molar-refractivity contribution in [3.05, 3.63) is 79.6 Å². The molecule has 25 heavy (non-hydrogen) atoms. The molecule has 0 radical (unpaired) electrons. The van der Waals surface area contributed by atoms with Crippen LogP contribution in [0.25, 0.3) is 22.4 Å². The molecule has 0 bridgehead atoms. The predicted molar refractivity (Wildman–Crippen MR) is 102 cm³/mol. The van der Waals surface area contributed by atoms with Gasteiger partial charge in [0.25, 0.3) is 5.56 Å². The molecule has 2 aromatic carbocycles. The Morgan fingerprint density at radius 1 is 1.12 bits per heavy atom. The van der Waals surface area contributed by atoms with Crippen LogP contribution < -0.4 is 10.1 Å². The van der Waals surface area contributed by atoms with E-state index in [1.54, 1.807) is 12.1 Å². The summed E-state index contributed by atoms with van der Waals surface area (Å²) in [6.07, 6.45) is 2.88. The average Bonchev–Trinajstić information content (AvgIpc) is 3.16. The van der Waals surface area contributed by atoms with Crippen molar-refractivity contribution in [3.8, 4) is 11.4 Å². The van der Waals surface area contributed by atoms with E-state index in [4.69, 9.17) is 11.6 Å². The number of halogens is 1. The van der Waals surface area contributed by atoms with Crippen molar-refractivity contribution in [1.82, 2.24) is 14.6 Å². The van der Waals surface area contributed by atoms with E-state index in [0.717, 1.165) is 17.5 Å². The monoisotopic (exact) mass is 367 g/mol. The van der Waals surface area contributed by atoms with E-state index >= 15 is 0 Å². The van der Waals surface area contributed by atoms with Crippen molar-refractivity contribution in [2.45, 2.75) is 13.3 Å². The fourth-order valence-corrected chi connectivity index (χ4v) is 3.59. The number of benzene rings is 2. The second-order valence-corrected chi connectivity index (χ2v) is 7.09. The van der Waals surface area contributed by atoms with Crippen LogP contribution in [0.4, 0.5) is 0 Å². The van der Waals surface area contributed by atoms with Crippen LogP contribution in [0.1, 0.15) is 18.1 Å². The molecule has 2 heterocycles. The molecule has 0 unspecified atom stereocenters. The van der Waals surface area contributed by atoms with Gasteiger partial charge in [-0.15, -0.1) is 5.10 Å². The van der Waals surface area contributed by atoms with Crippen LogP contribution in [-0.2, 0) is 6.42 Å². The van der Waals surface area contributed by atoms with Crippen LogP contribution >= 0.6 is 22.9 Å². The normalized spacial score (nSPS) is 12.2. The Labute approximate surface area is 153 Å². The summed E-state index contributed by atoms with van der Waals surface area (Å²) in [6.45, 7) is 2.12. The summed E-state index contributed by atoms with van der Waals surface area (Å²) < 4.78 is 1.99. The molecule has 6 heteroatoms. The summed E-state index contributed by atoms with van der Waals surface area (Å²) in [5.41, 5.74) is 2.96. The van der Waals surface area contributed by atoms with Crippen LogP contribution in [0, 0.1) is 0 Å². The van der Waals surface area contributed by atoms with Gasteiger partial charge in [-0.3, -0.25) is 4.79 Å². The van der Waals surface area contributed by atoms with Gasteiger partial charge in [0.05, 0.1) is 4.53 Å². The van der Waals surface area contributed by atoms with Gasteiger partial charge in [0.2, 0.25) is 4.96 Å². The lowest BCUT2D eigenvalue weighted by Gasteiger charge is -1.96. The molecule has 0 aliphatic heterocycles. The zero-order chi connectivity index (χ0) is 17.4. The van der Waals surface area contributed by atoms with Crippen LogP contribution in [-0.4, -0.2) is 14.6 Å². The van der Waals surface area contributed by atoms with Crippen LogP contribution in [0.2, 0.25) is 5.02 Å². The summed E-state index contributed by atoms with van der Waals surface area (Å²) in [6, 6.07) is 15.4. The first-order chi connectivity index (χ1) is 12.1. The minimum atomic E-state index is -0.146. The molecule has 0 fully saturated rings. The third kappa shape index (κ3) is 3.08. The third-order valence-electron chi connectivity index (χ3n) is 3.97. The van der Waals surface area contributed by atoms with Crippen molar-refractivity contribution in [3.63, 3.8) is 0 Å². The number of aryl methyl sites for hydroxylation is 1. The number of nitrogens with zero attached hydrogens (tertiary/aromatic N) is 3. The first-order valence-electron chi connectivity index (χ1n) is 7.90. The minimum absolute atomic E-state index is 0.146. The lowest BCUT2D eigenvalue weighted by atomic mass is 10.1. The van der Waals surface area contributed by atoms with Crippen molar-refractivity contribution in [1.29, 1.82) is 0 Å². The van der Waals surface area contributed by atoms with Crippen LogP contribution in [0.3, 0.4) is 0 Å². The van der Waals surface area contributed by atoms with Crippen LogP contribution in [0.15, 0.2) is 53.3 Å². The maximum absolute atomic E-state index is 12.6. The highest BCUT2D eigenvalue weighted by Gasteiger charge is 2.11. The lowest BCUT2D eigenvalue weighted by molar-refractivity contribution is 0.937. The first-order valence-corrected chi connectivity index (χ1v) is 9.09. The molecule has 4 rings (SSSR count). The van der Waals surface area contributed by atoms with Gasteiger partial charge in [-0.2, -0.15) is 9.50 Å². The SMILES string of the molecule is CCc1ccc(/C=c2\sc3nc(-c4ccc(Cl)cc4)nn3c2=O)cc1. The van der Waals surface area contributed by atoms with Crippen molar-refractivity contribution in [2.24, 2.45) is 0 Å². The number of thiazole rings is 1. The van der Waals surface area contributed by atoms with Crippen molar-refractivity contribution >= 4 is 34.0 Å². The summed E-state index contributed by atoms with van der Waals surface area (Å²) in [7, 11) is 0. The average molecular weight is 368 g/mol. The zero-order valence-corrected chi connectivity index (χ0v) is 15.0. The Kier molecular flexibility index (Phi) is 4.11. The number of rotatable bonds is 3. The van der Waals surface area contributed by atoms with Gasteiger partial charge in [0.15, 0.2) is 5.82 Å².